The highest BCUT2D eigenvalue weighted by Crippen LogP contribution is 2.31. The molecular weight excluding hydrogens is 344 g/mol. The maximum Gasteiger partial charge on any atom is 0.261 e. The van der Waals surface area contributed by atoms with Crippen molar-refractivity contribution in [2.75, 3.05) is 36.1 Å². The Morgan fingerprint density at radius 3 is 2.74 bits per heavy atom. The highest BCUT2D eigenvalue weighted by Gasteiger charge is 2.32. The van der Waals surface area contributed by atoms with Crippen molar-refractivity contribution in [1.82, 2.24) is 4.90 Å². The summed E-state index contributed by atoms with van der Waals surface area (Å²) in [6, 6.07) is 10.5. The van der Waals surface area contributed by atoms with Gasteiger partial charge in [0.1, 0.15) is 0 Å². The number of amides is 3. The number of hydrogen-bond donors (Lipinski definition) is 2. The average Bonchev–Trinajstić information content (AvgIpc) is 2.87. The smallest absolute Gasteiger partial charge is 0.261 e. The van der Waals surface area contributed by atoms with Crippen molar-refractivity contribution in [1.29, 1.82) is 0 Å². The van der Waals surface area contributed by atoms with Gasteiger partial charge in [-0.2, -0.15) is 0 Å². The molecule has 2 aromatic carbocycles. The number of rotatable bonds is 3. The van der Waals surface area contributed by atoms with E-state index in [-0.39, 0.29) is 24.3 Å². The molecule has 0 aromatic heterocycles. The van der Waals surface area contributed by atoms with E-state index in [0.29, 0.717) is 16.8 Å². The lowest BCUT2D eigenvalue weighted by molar-refractivity contribution is -0.115. The van der Waals surface area contributed by atoms with E-state index in [4.69, 9.17) is 5.73 Å². The van der Waals surface area contributed by atoms with E-state index < -0.39 is 0 Å². The molecule has 3 N–H and O–H groups in total. The van der Waals surface area contributed by atoms with Crippen LogP contribution in [-0.4, -0.2) is 42.8 Å². The first-order valence-corrected chi connectivity index (χ1v) is 8.84. The lowest BCUT2D eigenvalue weighted by Crippen LogP contribution is -2.37. The van der Waals surface area contributed by atoms with Gasteiger partial charge in [0.15, 0.2) is 0 Å². The minimum atomic E-state index is -0.355. The van der Waals surface area contributed by atoms with E-state index in [9.17, 15) is 14.4 Å². The van der Waals surface area contributed by atoms with Crippen LogP contribution in [0.25, 0.3) is 0 Å². The standard InChI is InChI=1S/C20H20N4O3/c1-23-19(26)13-8-7-12(10-15(13)20(23)27)22-18(25)11-24-9-3-4-14-16(21)5-2-6-17(14)24/h2,5-8,10H,3-4,9,11,21H2,1H3,(H,22,25). The monoisotopic (exact) mass is 364 g/mol. The van der Waals surface area contributed by atoms with Gasteiger partial charge in [-0.15, -0.1) is 0 Å². The van der Waals surface area contributed by atoms with Crippen LogP contribution in [0, 0.1) is 0 Å². The van der Waals surface area contributed by atoms with Crippen LogP contribution in [0.3, 0.4) is 0 Å². The van der Waals surface area contributed by atoms with Gasteiger partial charge in [-0.3, -0.25) is 19.3 Å². The molecule has 27 heavy (non-hydrogen) atoms. The summed E-state index contributed by atoms with van der Waals surface area (Å²) in [6.07, 6.45) is 1.85. The van der Waals surface area contributed by atoms with Gasteiger partial charge in [-0.25, -0.2) is 0 Å². The maximum absolute atomic E-state index is 12.5. The molecule has 0 bridgehead atoms. The Balaban J connectivity index is 1.50. The molecule has 0 saturated heterocycles. The third-order valence-electron chi connectivity index (χ3n) is 5.09. The zero-order valence-corrected chi connectivity index (χ0v) is 15.0. The quantitative estimate of drug-likeness (QED) is 0.640. The Morgan fingerprint density at radius 1 is 1.15 bits per heavy atom. The molecule has 0 saturated carbocycles. The number of imide groups is 1. The van der Waals surface area contributed by atoms with Crippen molar-refractivity contribution in [3.8, 4) is 0 Å². The fourth-order valence-electron chi connectivity index (χ4n) is 3.70. The summed E-state index contributed by atoms with van der Waals surface area (Å²) < 4.78 is 0. The number of carbonyl (C=O) groups excluding carboxylic acids is 3. The molecule has 7 nitrogen and oxygen atoms in total. The van der Waals surface area contributed by atoms with E-state index in [0.717, 1.165) is 41.2 Å². The predicted molar refractivity (Wildman–Crippen MR) is 103 cm³/mol. The molecule has 2 heterocycles. The summed E-state index contributed by atoms with van der Waals surface area (Å²) in [6.45, 7) is 0.978. The average molecular weight is 364 g/mol. The van der Waals surface area contributed by atoms with Crippen molar-refractivity contribution < 1.29 is 14.4 Å². The molecule has 0 aliphatic carbocycles. The van der Waals surface area contributed by atoms with Gasteiger partial charge in [0.05, 0.1) is 17.7 Å². The molecule has 138 valence electrons. The van der Waals surface area contributed by atoms with Gasteiger partial charge in [-0.05, 0) is 48.7 Å². The Hall–Kier alpha value is -3.35. The predicted octanol–water partition coefficient (Wildman–Crippen LogP) is 1.89. The van der Waals surface area contributed by atoms with Crippen LogP contribution in [0.4, 0.5) is 17.1 Å². The number of nitrogens with one attached hydrogen (secondary N) is 1. The second kappa shape index (κ2) is 6.42. The maximum atomic E-state index is 12.5. The van der Waals surface area contributed by atoms with Gasteiger partial charge in [-0.1, -0.05) is 6.07 Å². The van der Waals surface area contributed by atoms with Crippen LogP contribution in [0.2, 0.25) is 0 Å². The highest BCUT2D eigenvalue weighted by atomic mass is 16.2. The first-order chi connectivity index (χ1) is 13.0. The summed E-state index contributed by atoms with van der Waals surface area (Å²) in [5, 5.41) is 2.82. The van der Waals surface area contributed by atoms with Crippen LogP contribution >= 0.6 is 0 Å². The van der Waals surface area contributed by atoms with Crippen LogP contribution in [0.5, 0.6) is 0 Å². The number of nitrogen functional groups attached to an aromatic ring is 1. The van der Waals surface area contributed by atoms with Crippen LogP contribution in [0.15, 0.2) is 36.4 Å². The summed E-state index contributed by atoms with van der Waals surface area (Å²) in [5.41, 5.74) is 10.1. The molecule has 3 amide bonds. The van der Waals surface area contributed by atoms with Crippen LogP contribution < -0.4 is 16.0 Å². The van der Waals surface area contributed by atoms with Crippen molar-refractivity contribution >= 4 is 34.8 Å². The lowest BCUT2D eigenvalue weighted by atomic mass is 10.00. The van der Waals surface area contributed by atoms with Gasteiger partial charge in [0.25, 0.3) is 11.8 Å². The van der Waals surface area contributed by atoms with Gasteiger partial charge in [0.2, 0.25) is 5.91 Å². The number of fused-ring (bicyclic) bond motifs is 2. The first-order valence-electron chi connectivity index (χ1n) is 8.84. The van der Waals surface area contributed by atoms with Crippen LogP contribution in [0.1, 0.15) is 32.7 Å². The van der Waals surface area contributed by atoms with Crippen molar-refractivity contribution in [3.63, 3.8) is 0 Å². The molecule has 2 aliphatic rings. The number of carbonyl (C=O) groups is 3. The van der Waals surface area contributed by atoms with E-state index in [1.807, 2.05) is 23.1 Å². The number of benzene rings is 2. The Kier molecular flexibility index (Phi) is 4.07. The minimum absolute atomic E-state index is 0.185. The zero-order chi connectivity index (χ0) is 19.1. The number of nitrogens with two attached hydrogens (primary N) is 1. The molecule has 7 heteroatoms. The van der Waals surface area contributed by atoms with Crippen molar-refractivity contribution in [2.24, 2.45) is 0 Å². The fraction of sp³-hybridized carbons (Fsp3) is 0.250. The van der Waals surface area contributed by atoms with E-state index in [2.05, 4.69) is 5.32 Å². The van der Waals surface area contributed by atoms with Crippen molar-refractivity contribution in [3.05, 3.63) is 53.1 Å². The van der Waals surface area contributed by atoms with E-state index in [1.54, 1.807) is 18.2 Å². The molecular formula is C20H20N4O3. The van der Waals surface area contributed by atoms with Crippen LogP contribution in [-0.2, 0) is 11.2 Å². The summed E-state index contributed by atoms with van der Waals surface area (Å²) >= 11 is 0. The normalized spacial score (nSPS) is 15.6. The molecule has 4 rings (SSSR count). The molecule has 2 aromatic rings. The first kappa shape index (κ1) is 17.1. The molecule has 0 radical (unpaired) electrons. The fourth-order valence-corrected chi connectivity index (χ4v) is 3.70. The van der Waals surface area contributed by atoms with E-state index >= 15 is 0 Å². The Bertz CT molecular complexity index is 970. The van der Waals surface area contributed by atoms with E-state index in [1.165, 1.54) is 7.05 Å². The Morgan fingerprint density at radius 2 is 1.93 bits per heavy atom. The number of anilines is 3. The zero-order valence-electron chi connectivity index (χ0n) is 15.0. The molecule has 0 unspecified atom stereocenters. The highest BCUT2D eigenvalue weighted by molar-refractivity contribution is 6.21. The summed E-state index contributed by atoms with van der Waals surface area (Å²) in [7, 11) is 1.45. The number of hydrogen-bond acceptors (Lipinski definition) is 5. The number of nitrogens with zero attached hydrogens (tertiary/aromatic N) is 2. The second-order valence-electron chi connectivity index (χ2n) is 6.85. The summed E-state index contributed by atoms with van der Waals surface area (Å²) in [5.74, 6) is -0.864. The lowest BCUT2D eigenvalue weighted by Gasteiger charge is -2.31. The van der Waals surface area contributed by atoms with Gasteiger partial charge >= 0.3 is 0 Å². The second-order valence-corrected chi connectivity index (χ2v) is 6.85. The van der Waals surface area contributed by atoms with Gasteiger partial charge < -0.3 is 16.0 Å². The molecule has 0 spiro atoms. The molecule has 0 atom stereocenters. The third-order valence-corrected chi connectivity index (χ3v) is 5.09. The van der Waals surface area contributed by atoms with Gasteiger partial charge in [0, 0.05) is 30.7 Å². The Labute approximate surface area is 156 Å². The molecule has 2 aliphatic heterocycles. The molecule has 0 fully saturated rings. The minimum Gasteiger partial charge on any atom is -0.398 e. The summed E-state index contributed by atoms with van der Waals surface area (Å²) in [4.78, 5) is 39.7. The third kappa shape index (κ3) is 2.91. The van der Waals surface area contributed by atoms with Crippen molar-refractivity contribution in [2.45, 2.75) is 12.8 Å². The topological polar surface area (TPSA) is 95.7 Å². The SMILES string of the molecule is CN1C(=O)c2ccc(NC(=O)CN3CCCc4c(N)cccc43)cc2C1=O. The largest absolute Gasteiger partial charge is 0.398 e.